The van der Waals surface area contributed by atoms with Crippen LogP contribution in [0.2, 0.25) is 5.15 Å². The second kappa shape index (κ2) is 5.32. The van der Waals surface area contributed by atoms with E-state index >= 15 is 0 Å². The lowest BCUT2D eigenvalue weighted by Gasteiger charge is -2.08. The third-order valence-electron chi connectivity index (χ3n) is 2.12. The molecule has 0 aliphatic rings. The molecule has 6 nitrogen and oxygen atoms in total. The average molecular weight is 364 g/mol. The van der Waals surface area contributed by atoms with Gasteiger partial charge in [-0.3, -0.25) is 4.72 Å². The number of sulfonamides is 1. The van der Waals surface area contributed by atoms with Gasteiger partial charge in [-0.15, -0.1) is 0 Å². The van der Waals surface area contributed by atoms with Crippen LogP contribution in [0.1, 0.15) is 0 Å². The summed E-state index contributed by atoms with van der Waals surface area (Å²) in [4.78, 5) is 7.57. The first kappa shape index (κ1) is 14.0. The zero-order valence-electron chi connectivity index (χ0n) is 9.34. The Bertz CT molecular complexity index is 706. The number of nitrogens with one attached hydrogen (secondary N) is 1. The smallest absolute Gasteiger partial charge is 0.263 e. The molecule has 0 aliphatic carbocycles. The Balaban J connectivity index is 2.30. The molecule has 3 N–H and O–H groups in total. The molecular formula is C10H8BrClN4O2S. The molecule has 19 heavy (non-hydrogen) atoms. The van der Waals surface area contributed by atoms with E-state index in [1.165, 1.54) is 30.6 Å². The minimum absolute atomic E-state index is 0.00720. The van der Waals surface area contributed by atoms with Crippen molar-refractivity contribution in [3.05, 3.63) is 40.2 Å². The summed E-state index contributed by atoms with van der Waals surface area (Å²) in [7, 11) is -3.73. The number of hydrogen-bond acceptors (Lipinski definition) is 5. The van der Waals surface area contributed by atoms with E-state index in [0.29, 0.717) is 4.47 Å². The van der Waals surface area contributed by atoms with Gasteiger partial charge in [0.1, 0.15) is 15.9 Å². The number of nitrogens with two attached hydrogens (primary N) is 1. The predicted octanol–water partition coefficient (Wildman–Crippen LogP) is 2.28. The predicted molar refractivity (Wildman–Crippen MR) is 76.4 cm³/mol. The molecule has 0 aromatic carbocycles. The molecule has 0 saturated carbocycles. The molecule has 2 heterocycles. The van der Waals surface area contributed by atoms with Crippen LogP contribution in [0.25, 0.3) is 0 Å². The molecule has 2 rings (SSSR count). The monoisotopic (exact) mass is 362 g/mol. The van der Waals surface area contributed by atoms with Crippen LogP contribution in [0.4, 0.5) is 11.5 Å². The van der Waals surface area contributed by atoms with Crippen LogP contribution in [0.15, 0.2) is 40.0 Å². The van der Waals surface area contributed by atoms with Crippen molar-refractivity contribution in [1.82, 2.24) is 9.97 Å². The van der Waals surface area contributed by atoms with Crippen molar-refractivity contribution < 1.29 is 8.42 Å². The van der Waals surface area contributed by atoms with Crippen LogP contribution < -0.4 is 10.5 Å². The number of rotatable bonds is 3. The van der Waals surface area contributed by atoms with Crippen molar-refractivity contribution in [2.75, 3.05) is 10.5 Å². The highest BCUT2D eigenvalue weighted by molar-refractivity contribution is 9.10. The van der Waals surface area contributed by atoms with Gasteiger partial charge in [-0.1, -0.05) is 11.6 Å². The van der Waals surface area contributed by atoms with Gasteiger partial charge in [-0.2, -0.15) is 0 Å². The summed E-state index contributed by atoms with van der Waals surface area (Å²) in [6.45, 7) is 0. The highest BCUT2D eigenvalue weighted by Gasteiger charge is 2.15. The minimum Gasteiger partial charge on any atom is -0.384 e. The van der Waals surface area contributed by atoms with Gasteiger partial charge in [0, 0.05) is 6.20 Å². The second-order valence-electron chi connectivity index (χ2n) is 3.52. The first-order valence-electron chi connectivity index (χ1n) is 4.94. The van der Waals surface area contributed by atoms with E-state index in [0.717, 1.165) is 0 Å². The quantitative estimate of drug-likeness (QED) is 0.815. The zero-order chi connectivity index (χ0) is 14.0. The fourth-order valence-electron chi connectivity index (χ4n) is 1.24. The van der Waals surface area contributed by atoms with Gasteiger partial charge < -0.3 is 5.73 Å². The summed E-state index contributed by atoms with van der Waals surface area (Å²) in [6, 6.07) is 4.28. The third-order valence-corrected chi connectivity index (χ3v) is 4.62. The topological polar surface area (TPSA) is 98.0 Å². The Kier molecular flexibility index (Phi) is 3.93. The molecule has 9 heteroatoms. The normalized spacial score (nSPS) is 11.3. The van der Waals surface area contributed by atoms with Crippen molar-refractivity contribution in [3.63, 3.8) is 0 Å². The van der Waals surface area contributed by atoms with Crippen molar-refractivity contribution >= 4 is 49.1 Å². The van der Waals surface area contributed by atoms with Crippen LogP contribution in [-0.4, -0.2) is 18.4 Å². The van der Waals surface area contributed by atoms with Gasteiger partial charge in [0.05, 0.1) is 16.4 Å². The first-order valence-corrected chi connectivity index (χ1v) is 7.59. The number of aromatic nitrogens is 2. The minimum atomic E-state index is -3.73. The fraction of sp³-hybridized carbons (Fsp3) is 0. The van der Waals surface area contributed by atoms with Gasteiger partial charge in [-0.05, 0) is 34.1 Å². The highest BCUT2D eigenvalue weighted by Crippen LogP contribution is 2.24. The van der Waals surface area contributed by atoms with E-state index in [-0.39, 0.29) is 21.6 Å². The van der Waals surface area contributed by atoms with Crippen LogP contribution in [0, 0.1) is 0 Å². The molecule has 2 aromatic rings. The van der Waals surface area contributed by atoms with Gasteiger partial charge in [0.2, 0.25) is 0 Å². The maximum atomic E-state index is 12.0. The summed E-state index contributed by atoms with van der Waals surface area (Å²) in [5.41, 5.74) is 5.69. The standard InChI is InChI=1S/C10H8BrClN4O2S/c11-8-3-6(4-15-10(8)12)16-19(17,18)7-1-2-9(13)14-5-7/h1-5,16H,(H2,13,14). The average Bonchev–Trinajstić information content (AvgIpc) is 2.34. The fourth-order valence-corrected chi connectivity index (χ4v) is 2.67. The number of anilines is 2. The summed E-state index contributed by atoms with van der Waals surface area (Å²) in [5, 5.41) is 0.247. The molecule has 0 radical (unpaired) electrons. The molecule has 0 bridgehead atoms. The molecule has 0 amide bonds. The Morgan fingerprint density at radius 3 is 2.58 bits per heavy atom. The maximum Gasteiger partial charge on any atom is 0.263 e. The molecule has 0 fully saturated rings. The zero-order valence-corrected chi connectivity index (χ0v) is 12.5. The summed E-state index contributed by atoms with van der Waals surface area (Å²) >= 11 is 8.89. The molecule has 0 saturated heterocycles. The molecular weight excluding hydrogens is 356 g/mol. The third kappa shape index (κ3) is 3.34. The molecule has 2 aromatic heterocycles. The number of halogens is 2. The highest BCUT2D eigenvalue weighted by atomic mass is 79.9. The van der Waals surface area contributed by atoms with Crippen LogP contribution in [-0.2, 0) is 10.0 Å². The largest absolute Gasteiger partial charge is 0.384 e. The summed E-state index contributed by atoms with van der Waals surface area (Å²) in [6.07, 6.45) is 2.49. The Morgan fingerprint density at radius 2 is 2.00 bits per heavy atom. The van der Waals surface area contributed by atoms with Crippen molar-refractivity contribution in [3.8, 4) is 0 Å². The lowest BCUT2D eigenvalue weighted by atomic mass is 10.4. The lowest BCUT2D eigenvalue weighted by molar-refractivity contribution is 0.601. The Morgan fingerprint density at radius 1 is 1.26 bits per heavy atom. The van der Waals surface area contributed by atoms with E-state index in [9.17, 15) is 8.42 Å². The van der Waals surface area contributed by atoms with E-state index in [4.69, 9.17) is 17.3 Å². The Hall–Kier alpha value is -1.38. The molecule has 100 valence electrons. The van der Waals surface area contributed by atoms with Crippen LogP contribution in [0.5, 0.6) is 0 Å². The van der Waals surface area contributed by atoms with Crippen molar-refractivity contribution in [2.24, 2.45) is 0 Å². The van der Waals surface area contributed by atoms with E-state index in [1.807, 2.05) is 0 Å². The number of hydrogen-bond donors (Lipinski definition) is 2. The molecule has 0 spiro atoms. The summed E-state index contributed by atoms with van der Waals surface area (Å²) < 4.78 is 26.9. The number of nitrogens with zero attached hydrogens (tertiary/aromatic N) is 2. The van der Waals surface area contributed by atoms with E-state index in [2.05, 4.69) is 30.6 Å². The van der Waals surface area contributed by atoms with Crippen molar-refractivity contribution in [1.29, 1.82) is 0 Å². The first-order chi connectivity index (χ1) is 8.88. The van der Waals surface area contributed by atoms with Gasteiger partial charge in [0.15, 0.2) is 0 Å². The van der Waals surface area contributed by atoms with E-state index in [1.54, 1.807) is 0 Å². The summed E-state index contributed by atoms with van der Waals surface area (Å²) in [5.74, 6) is 0.245. The number of nitrogen functional groups attached to an aromatic ring is 1. The molecule has 0 aliphatic heterocycles. The molecule has 0 atom stereocenters. The second-order valence-corrected chi connectivity index (χ2v) is 6.42. The maximum absolute atomic E-state index is 12.0. The van der Waals surface area contributed by atoms with Gasteiger partial charge >= 0.3 is 0 Å². The van der Waals surface area contributed by atoms with Crippen LogP contribution >= 0.6 is 27.5 Å². The van der Waals surface area contributed by atoms with Crippen LogP contribution in [0.3, 0.4) is 0 Å². The van der Waals surface area contributed by atoms with Gasteiger partial charge in [0.25, 0.3) is 10.0 Å². The van der Waals surface area contributed by atoms with Crippen molar-refractivity contribution in [2.45, 2.75) is 4.90 Å². The lowest BCUT2D eigenvalue weighted by Crippen LogP contribution is -2.13. The van der Waals surface area contributed by atoms with E-state index < -0.39 is 10.0 Å². The van der Waals surface area contributed by atoms with Gasteiger partial charge in [-0.25, -0.2) is 18.4 Å². The number of pyridine rings is 2. The molecule has 0 unspecified atom stereocenters. The Labute approximate surface area is 123 Å². The SMILES string of the molecule is Nc1ccc(S(=O)(=O)Nc2cnc(Cl)c(Br)c2)cn1.